The van der Waals surface area contributed by atoms with Gasteiger partial charge >= 0.3 is 0 Å². The van der Waals surface area contributed by atoms with Crippen LogP contribution >= 0.6 is 11.3 Å². The molecule has 2 atom stereocenters. The van der Waals surface area contributed by atoms with Crippen LogP contribution < -0.4 is 10.2 Å². The molecule has 0 saturated carbocycles. The Hall–Kier alpha value is -7.85. The molecular formula is C56H37N5S. The van der Waals surface area contributed by atoms with Crippen molar-refractivity contribution in [2.45, 2.75) is 12.1 Å². The zero-order valence-electron chi connectivity index (χ0n) is 33.7. The Bertz CT molecular complexity index is 3850. The number of hydrogen-bond acceptors (Lipinski definition) is 4. The van der Waals surface area contributed by atoms with E-state index in [1.807, 2.05) is 11.3 Å². The van der Waals surface area contributed by atoms with Crippen LogP contribution in [0.2, 0.25) is 0 Å². The molecule has 0 fully saturated rings. The summed E-state index contributed by atoms with van der Waals surface area (Å²) in [5, 5.41) is 27.3. The van der Waals surface area contributed by atoms with E-state index in [9.17, 15) is 5.26 Å². The first-order valence-corrected chi connectivity index (χ1v) is 21.9. The first kappa shape index (κ1) is 35.0. The van der Waals surface area contributed by atoms with Crippen molar-refractivity contribution in [1.29, 1.82) is 5.26 Å². The van der Waals surface area contributed by atoms with Gasteiger partial charge in [-0.1, -0.05) is 133 Å². The lowest BCUT2D eigenvalue weighted by Crippen LogP contribution is -2.37. The van der Waals surface area contributed by atoms with Crippen LogP contribution in [-0.2, 0) is 0 Å². The molecule has 62 heavy (non-hydrogen) atoms. The van der Waals surface area contributed by atoms with Crippen molar-refractivity contribution in [2.75, 3.05) is 17.3 Å². The lowest BCUT2D eigenvalue weighted by atomic mass is 9.87. The molecule has 1 aliphatic heterocycles. The molecule has 0 aliphatic carbocycles. The summed E-state index contributed by atoms with van der Waals surface area (Å²) in [4.78, 5) is 2.46. The van der Waals surface area contributed by atoms with Crippen LogP contribution in [0.4, 0.5) is 10.7 Å². The molecule has 9 aromatic carbocycles. The van der Waals surface area contributed by atoms with Gasteiger partial charge in [-0.2, -0.15) is 5.26 Å². The highest BCUT2D eigenvalue weighted by molar-refractivity contribution is 7.23. The molecule has 6 heteroatoms. The van der Waals surface area contributed by atoms with Gasteiger partial charge < -0.3 is 19.4 Å². The summed E-state index contributed by atoms with van der Waals surface area (Å²) in [6, 6.07) is 70.1. The van der Waals surface area contributed by atoms with Crippen molar-refractivity contribution in [3.63, 3.8) is 0 Å². The number of para-hydroxylation sites is 2. The van der Waals surface area contributed by atoms with E-state index in [1.54, 1.807) is 0 Å². The van der Waals surface area contributed by atoms with Crippen molar-refractivity contribution < 1.29 is 0 Å². The maximum absolute atomic E-state index is 11.3. The van der Waals surface area contributed by atoms with Crippen LogP contribution in [0.15, 0.2) is 188 Å². The Balaban J connectivity index is 1.06. The highest BCUT2D eigenvalue weighted by Crippen LogP contribution is 2.54. The van der Waals surface area contributed by atoms with Crippen molar-refractivity contribution in [2.24, 2.45) is 0 Å². The number of aromatic nitrogens is 2. The lowest BCUT2D eigenvalue weighted by Gasteiger charge is -2.42. The fourth-order valence-electron chi connectivity index (χ4n) is 10.6. The third-order valence-corrected chi connectivity index (χ3v) is 14.4. The van der Waals surface area contributed by atoms with E-state index < -0.39 is 0 Å². The molecule has 292 valence electrons. The molecule has 5 nitrogen and oxygen atoms in total. The van der Waals surface area contributed by atoms with Gasteiger partial charge in [0.2, 0.25) is 0 Å². The first-order valence-electron chi connectivity index (χ1n) is 21.1. The van der Waals surface area contributed by atoms with Crippen LogP contribution in [0, 0.1) is 11.3 Å². The topological polar surface area (TPSA) is 48.9 Å². The normalized spacial score (nSPS) is 15.3. The van der Waals surface area contributed by atoms with Gasteiger partial charge in [-0.3, -0.25) is 0 Å². The fourth-order valence-corrected chi connectivity index (χ4v) is 11.8. The number of hydrogen-bond donors (Lipinski definition) is 1. The predicted octanol–water partition coefficient (Wildman–Crippen LogP) is 14.6. The summed E-state index contributed by atoms with van der Waals surface area (Å²) < 4.78 is 5.97. The van der Waals surface area contributed by atoms with E-state index in [0.29, 0.717) is 5.56 Å². The summed E-state index contributed by atoms with van der Waals surface area (Å²) in [7, 11) is 2.23. The third-order valence-electron chi connectivity index (χ3n) is 13.3. The number of nitrogens with one attached hydrogen (secondary N) is 1. The van der Waals surface area contributed by atoms with Gasteiger partial charge in [0.05, 0.1) is 51.1 Å². The molecule has 12 aromatic rings. The largest absolute Gasteiger partial charge is 0.366 e. The molecule has 13 rings (SSSR count). The maximum atomic E-state index is 11.3. The Labute approximate surface area is 361 Å². The Morgan fingerprint density at radius 2 is 1.26 bits per heavy atom. The van der Waals surface area contributed by atoms with Crippen molar-refractivity contribution in [3.8, 4) is 17.4 Å². The van der Waals surface area contributed by atoms with E-state index in [-0.39, 0.29) is 12.1 Å². The molecular weight excluding hydrogens is 775 g/mol. The number of nitrogens with zero attached hydrogens (tertiary/aromatic N) is 4. The van der Waals surface area contributed by atoms with Crippen LogP contribution in [-0.4, -0.2) is 16.2 Å². The molecule has 0 bridgehead atoms. The minimum atomic E-state index is -0.158. The van der Waals surface area contributed by atoms with Crippen molar-refractivity contribution in [3.05, 3.63) is 205 Å². The quantitative estimate of drug-likeness (QED) is 0.193. The predicted molar refractivity (Wildman–Crippen MR) is 261 cm³/mol. The summed E-state index contributed by atoms with van der Waals surface area (Å²) in [5.41, 5.74) is 10.7. The van der Waals surface area contributed by atoms with Crippen molar-refractivity contribution in [1.82, 2.24) is 9.13 Å². The van der Waals surface area contributed by atoms with E-state index in [1.165, 1.54) is 70.1 Å². The van der Waals surface area contributed by atoms with Crippen LogP contribution in [0.3, 0.4) is 0 Å². The molecule has 2 unspecified atom stereocenters. The Morgan fingerprint density at radius 3 is 2.10 bits per heavy atom. The minimum absolute atomic E-state index is 0.153. The number of rotatable bonds is 4. The Kier molecular flexibility index (Phi) is 7.51. The molecule has 0 radical (unpaired) electrons. The van der Waals surface area contributed by atoms with Crippen LogP contribution in [0.1, 0.15) is 28.8 Å². The second-order valence-corrected chi connectivity index (χ2v) is 17.6. The monoisotopic (exact) mass is 811 g/mol. The van der Waals surface area contributed by atoms with Gasteiger partial charge in [-0.05, 0) is 81.9 Å². The lowest BCUT2D eigenvalue weighted by molar-refractivity contribution is 0.567. The highest BCUT2D eigenvalue weighted by Gasteiger charge is 2.38. The van der Waals surface area contributed by atoms with E-state index in [2.05, 4.69) is 221 Å². The highest BCUT2D eigenvalue weighted by atomic mass is 32.1. The standard InChI is InChI=1S/C56H37N5S/c1-59-53(37-27-29-46(38(30-37)33-57)61-49-32-36-16-6-5-15-35(36)31-45(49)41-28-26-34-14-7-8-19-40(34)54(41)61)52(58-56-55(59)43-21-10-12-25-50(43)62-56)44-22-13-24-48-51(44)42-20-9-11-23-47(42)60(48)39-17-3-2-4-18-39/h2-32,52-53,58H,1H3. The van der Waals surface area contributed by atoms with Crippen molar-refractivity contribution >= 4 is 97.3 Å². The molecule has 1 N–H and O–H groups in total. The summed E-state index contributed by atoms with van der Waals surface area (Å²) in [6.45, 7) is 0. The van der Waals surface area contributed by atoms with Crippen LogP contribution in [0.25, 0.3) is 86.6 Å². The van der Waals surface area contributed by atoms with E-state index in [0.717, 1.165) is 38.4 Å². The number of anilines is 2. The zero-order valence-corrected chi connectivity index (χ0v) is 34.6. The van der Waals surface area contributed by atoms with Gasteiger partial charge in [0.15, 0.2) is 0 Å². The molecule has 1 aliphatic rings. The second kappa shape index (κ2) is 13.3. The SMILES string of the molecule is CN1c2c(sc3ccccc23)NC(c2cccc3c2c2ccccc2n3-c2ccccc2)C1c1ccc(-n2c3cc4ccccc4cc3c3ccc4ccccc4c32)c(C#N)c1. The summed E-state index contributed by atoms with van der Waals surface area (Å²) in [6.07, 6.45) is 0. The average Bonchev–Trinajstić information content (AvgIpc) is 3.98. The van der Waals surface area contributed by atoms with E-state index >= 15 is 0 Å². The number of thiophene rings is 1. The summed E-state index contributed by atoms with van der Waals surface area (Å²) in [5.74, 6) is 0. The number of fused-ring (bicyclic) bond motifs is 12. The first-order chi connectivity index (χ1) is 30.6. The number of likely N-dealkylation sites (N-methyl/N-ethyl adjacent to an activating group) is 1. The Morgan fingerprint density at radius 1 is 0.548 bits per heavy atom. The fraction of sp³-hybridized carbons (Fsp3) is 0.0536. The van der Waals surface area contributed by atoms with Gasteiger partial charge in [-0.15, -0.1) is 11.3 Å². The molecule has 4 heterocycles. The molecule has 0 saturated heterocycles. The molecule has 0 amide bonds. The summed E-state index contributed by atoms with van der Waals surface area (Å²) >= 11 is 1.81. The van der Waals surface area contributed by atoms with E-state index in [4.69, 9.17) is 0 Å². The van der Waals surface area contributed by atoms with Gasteiger partial charge in [0.25, 0.3) is 0 Å². The second-order valence-electron chi connectivity index (χ2n) is 16.5. The van der Waals surface area contributed by atoms with Gasteiger partial charge in [-0.25, -0.2) is 0 Å². The smallest absolute Gasteiger partial charge is 0.114 e. The molecule has 0 spiro atoms. The third kappa shape index (κ3) is 4.94. The minimum Gasteiger partial charge on any atom is -0.366 e. The number of benzene rings is 9. The van der Waals surface area contributed by atoms with Gasteiger partial charge in [0.1, 0.15) is 11.1 Å². The molecule has 3 aromatic heterocycles. The van der Waals surface area contributed by atoms with Crippen LogP contribution in [0.5, 0.6) is 0 Å². The van der Waals surface area contributed by atoms with Gasteiger partial charge in [0, 0.05) is 49.8 Å². The number of nitriles is 1. The average molecular weight is 812 g/mol. The zero-order chi connectivity index (χ0) is 41.1. The maximum Gasteiger partial charge on any atom is 0.114 e.